The Balaban J connectivity index is 1.70. The molecule has 74 valence electrons. The number of nitrogens with zero attached hydrogens (tertiary/aromatic N) is 3. The van der Waals surface area contributed by atoms with E-state index in [0.29, 0.717) is 11.2 Å². The lowest BCUT2D eigenvalue weighted by molar-refractivity contribution is -0.127. The Morgan fingerprint density at radius 3 is 2.57 bits per heavy atom. The molecule has 2 aliphatic heterocycles. The molecule has 2 saturated heterocycles. The zero-order valence-corrected chi connectivity index (χ0v) is 7.81. The average Bonchev–Trinajstić information content (AvgIpc) is 2.03. The minimum Gasteiger partial charge on any atom is -0.382 e. The highest BCUT2D eigenvalue weighted by molar-refractivity contribution is 5.43. The van der Waals surface area contributed by atoms with Crippen molar-refractivity contribution in [2.75, 3.05) is 36.9 Å². The molecule has 0 unspecified atom stereocenters. The highest BCUT2D eigenvalue weighted by atomic mass is 16.5. The van der Waals surface area contributed by atoms with Crippen LogP contribution in [0.4, 0.5) is 11.6 Å². The second kappa shape index (κ2) is 2.57. The van der Waals surface area contributed by atoms with Crippen LogP contribution in [0, 0.1) is 5.41 Å². The number of rotatable bonds is 1. The van der Waals surface area contributed by atoms with Crippen molar-refractivity contribution >= 4 is 11.6 Å². The standard InChI is InChI=1S/C9H12N4O/c10-7-1-12-8(2-11-7)13-3-9(4-13)5-14-6-9/h1-2H,3-6H2,(H2,10,11). The van der Waals surface area contributed by atoms with E-state index < -0.39 is 0 Å². The molecule has 2 aliphatic rings. The van der Waals surface area contributed by atoms with E-state index in [0.717, 1.165) is 32.1 Å². The maximum absolute atomic E-state index is 5.46. The van der Waals surface area contributed by atoms with Gasteiger partial charge in [0.15, 0.2) is 0 Å². The van der Waals surface area contributed by atoms with Crippen LogP contribution in [0.1, 0.15) is 0 Å². The smallest absolute Gasteiger partial charge is 0.147 e. The third-order valence-electron chi connectivity index (χ3n) is 2.85. The van der Waals surface area contributed by atoms with Crippen molar-refractivity contribution in [3.8, 4) is 0 Å². The van der Waals surface area contributed by atoms with E-state index in [1.54, 1.807) is 12.4 Å². The molecular formula is C9H12N4O. The van der Waals surface area contributed by atoms with Crippen molar-refractivity contribution < 1.29 is 4.74 Å². The number of hydrogen-bond acceptors (Lipinski definition) is 5. The normalized spacial score (nSPS) is 23.0. The molecule has 2 fully saturated rings. The monoisotopic (exact) mass is 192 g/mol. The van der Waals surface area contributed by atoms with E-state index in [1.807, 2.05) is 0 Å². The SMILES string of the molecule is Nc1cnc(N2CC3(COC3)C2)cn1. The fourth-order valence-corrected chi connectivity index (χ4v) is 1.99. The average molecular weight is 192 g/mol. The number of aromatic nitrogens is 2. The minimum absolute atomic E-state index is 0.420. The van der Waals surface area contributed by atoms with Crippen molar-refractivity contribution in [1.82, 2.24) is 9.97 Å². The van der Waals surface area contributed by atoms with E-state index in [2.05, 4.69) is 14.9 Å². The fourth-order valence-electron chi connectivity index (χ4n) is 1.99. The Bertz CT molecular complexity index is 338. The number of ether oxygens (including phenoxy) is 1. The van der Waals surface area contributed by atoms with E-state index in [4.69, 9.17) is 10.5 Å². The molecule has 0 saturated carbocycles. The minimum atomic E-state index is 0.420. The Morgan fingerprint density at radius 1 is 1.29 bits per heavy atom. The topological polar surface area (TPSA) is 64.3 Å². The van der Waals surface area contributed by atoms with Crippen LogP contribution in [0.25, 0.3) is 0 Å². The quantitative estimate of drug-likeness (QED) is 0.673. The maximum Gasteiger partial charge on any atom is 0.147 e. The highest BCUT2D eigenvalue weighted by Gasteiger charge is 2.49. The molecule has 5 heteroatoms. The molecule has 3 heterocycles. The predicted molar refractivity (Wildman–Crippen MR) is 51.9 cm³/mol. The predicted octanol–water partition coefficient (Wildman–Crippen LogP) is -0.105. The fraction of sp³-hybridized carbons (Fsp3) is 0.556. The van der Waals surface area contributed by atoms with E-state index >= 15 is 0 Å². The first-order valence-electron chi connectivity index (χ1n) is 4.68. The molecule has 0 bridgehead atoms. The molecule has 0 amide bonds. The lowest BCUT2D eigenvalue weighted by Crippen LogP contribution is -2.66. The van der Waals surface area contributed by atoms with Crippen LogP contribution in [0.5, 0.6) is 0 Å². The van der Waals surface area contributed by atoms with E-state index in [9.17, 15) is 0 Å². The van der Waals surface area contributed by atoms with Gasteiger partial charge in [-0.1, -0.05) is 0 Å². The van der Waals surface area contributed by atoms with Crippen molar-refractivity contribution in [2.24, 2.45) is 5.41 Å². The van der Waals surface area contributed by atoms with Gasteiger partial charge in [0.2, 0.25) is 0 Å². The van der Waals surface area contributed by atoms with Gasteiger partial charge < -0.3 is 15.4 Å². The molecular weight excluding hydrogens is 180 g/mol. The van der Waals surface area contributed by atoms with Crippen LogP contribution in [0.15, 0.2) is 12.4 Å². The Kier molecular flexibility index (Phi) is 1.47. The lowest BCUT2D eigenvalue weighted by Gasteiger charge is -2.55. The summed E-state index contributed by atoms with van der Waals surface area (Å²) in [7, 11) is 0. The summed E-state index contributed by atoms with van der Waals surface area (Å²) in [5.74, 6) is 1.38. The second-order valence-corrected chi connectivity index (χ2v) is 4.15. The molecule has 5 nitrogen and oxygen atoms in total. The zero-order valence-electron chi connectivity index (χ0n) is 7.81. The number of nitrogens with two attached hydrogens (primary N) is 1. The summed E-state index contributed by atoms with van der Waals surface area (Å²) < 4.78 is 5.20. The summed E-state index contributed by atoms with van der Waals surface area (Å²) in [6.45, 7) is 3.86. The molecule has 2 N–H and O–H groups in total. The van der Waals surface area contributed by atoms with Crippen LogP contribution in [0.3, 0.4) is 0 Å². The summed E-state index contributed by atoms with van der Waals surface area (Å²) in [6.07, 6.45) is 3.32. The van der Waals surface area contributed by atoms with Crippen LogP contribution in [-0.2, 0) is 4.74 Å². The van der Waals surface area contributed by atoms with Gasteiger partial charge in [-0.2, -0.15) is 0 Å². The van der Waals surface area contributed by atoms with Gasteiger partial charge in [-0.05, 0) is 0 Å². The zero-order chi connectivity index (χ0) is 9.60. The van der Waals surface area contributed by atoms with Gasteiger partial charge in [0.25, 0.3) is 0 Å². The molecule has 1 aromatic rings. The molecule has 3 rings (SSSR count). The summed E-state index contributed by atoms with van der Waals surface area (Å²) in [5, 5.41) is 0. The van der Waals surface area contributed by atoms with Crippen LogP contribution in [-0.4, -0.2) is 36.3 Å². The van der Waals surface area contributed by atoms with Crippen LogP contribution < -0.4 is 10.6 Å². The second-order valence-electron chi connectivity index (χ2n) is 4.15. The van der Waals surface area contributed by atoms with Gasteiger partial charge in [-0.25, -0.2) is 9.97 Å². The summed E-state index contributed by atoms with van der Waals surface area (Å²) in [6, 6.07) is 0. The van der Waals surface area contributed by atoms with Gasteiger partial charge in [-0.15, -0.1) is 0 Å². The van der Waals surface area contributed by atoms with Gasteiger partial charge in [0.05, 0.1) is 31.0 Å². The number of nitrogen functional groups attached to an aromatic ring is 1. The van der Waals surface area contributed by atoms with Gasteiger partial charge in [-0.3, -0.25) is 0 Å². The van der Waals surface area contributed by atoms with Gasteiger partial charge >= 0.3 is 0 Å². The molecule has 0 aromatic carbocycles. The molecule has 0 atom stereocenters. The largest absolute Gasteiger partial charge is 0.382 e. The number of anilines is 2. The van der Waals surface area contributed by atoms with Crippen molar-refractivity contribution in [3.05, 3.63) is 12.4 Å². The Hall–Kier alpha value is -1.36. The first-order chi connectivity index (χ1) is 6.77. The third-order valence-corrected chi connectivity index (χ3v) is 2.85. The van der Waals surface area contributed by atoms with Gasteiger partial charge in [0.1, 0.15) is 11.6 Å². The first-order valence-corrected chi connectivity index (χ1v) is 4.68. The van der Waals surface area contributed by atoms with Crippen molar-refractivity contribution in [2.45, 2.75) is 0 Å². The van der Waals surface area contributed by atoms with Gasteiger partial charge in [0, 0.05) is 13.1 Å². The van der Waals surface area contributed by atoms with Crippen LogP contribution in [0.2, 0.25) is 0 Å². The lowest BCUT2D eigenvalue weighted by atomic mass is 9.78. The molecule has 0 aliphatic carbocycles. The number of hydrogen-bond donors (Lipinski definition) is 1. The molecule has 1 aromatic heterocycles. The van der Waals surface area contributed by atoms with E-state index in [1.165, 1.54) is 0 Å². The Labute approximate surface area is 81.9 Å². The maximum atomic E-state index is 5.46. The van der Waals surface area contributed by atoms with E-state index in [-0.39, 0.29) is 0 Å². The summed E-state index contributed by atoms with van der Waals surface area (Å²) in [4.78, 5) is 10.4. The highest BCUT2D eigenvalue weighted by Crippen LogP contribution is 2.39. The molecule has 14 heavy (non-hydrogen) atoms. The van der Waals surface area contributed by atoms with Crippen LogP contribution >= 0.6 is 0 Å². The van der Waals surface area contributed by atoms with Crippen molar-refractivity contribution in [3.63, 3.8) is 0 Å². The van der Waals surface area contributed by atoms with Crippen molar-refractivity contribution in [1.29, 1.82) is 0 Å². The molecule has 0 radical (unpaired) electrons. The summed E-state index contributed by atoms with van der Waals surface area (Å²) in [5.41, 5.74) is 5.88. The first kappa shape index (κ1) is 7.99. The summed E-state index contributed by atoms with van der Waals surface area (Å²) >= 11 is 0. The Morgan fingerprint density at radius 2 is 2.07 bits per heavy atom. The molecule has 1 spiro atoms. The third kappa shape index (κ3) is 1.05.